The normalized spacial score (nSPS) is 12.8. The lowest BCUT2D eigenvalue weighted by Gasteiger charge is -2.17. The molecule has 1 heterocycles. The van der Waals surface area contributed by atoms with Gasteiger partial charge < -0.3 is 14.6 Å². The van der Waals surface area contributed by atoms with Crippen LogP contribution in [0.5, 0.6) is 5.75 Å². The number of rotatable bonds is 6. The maximum Gasteiger partial charge on any atom is 0.573 e. The van der Waals surface area contributed by atoms with Gasteiger partial charge in [-0.15, -0.1) is 17.5 Å². The Morgan fingerprint density at radius 1 is 1.07 bits per heavy atom. The molecule has 3 aromatic rings. The van der Waals surface area contributed by atoms with Gasteiger partial charge in [-0.05, 0) is 42.5 Å². The van der Waals surface area contributed by atoms with Crippen LogP contribution in [0.1, 0.15) is 0 Å². The van der Waals surface area contributed by atoms with Crippen molar-refractivity contribution in [2.24, 2.45) is 0 Å². The van der Waals surface area contributed by atoms with Crippen LogP contribution >= 0.6 is 23.2 Å². The molecule has 0 amide bonds. The quantitative estimate of drug-likeness (QED) is 0.440. The van der Waals surface area contributed by atoms with E-state index in [9.17, 15) is 17.7 Å². The number of nitrogens with one attached hydrogen (secondary N) is 2. The van der Waals surface area contributed by atoms with Gasteiger partial charge in [-0.25, -0.2) is 4.98 Å². The van der Waals surface area contributed by atoms with E-state index < -0.39 is 23.7 Å². The van der Waals surface area contributed by atoms with Gasteiger partial charge in [0.15, 0.2) is 11.5 Å². The number of fused-ring (bicyclic) bond motifs is 1. The lowest BCUT2D eigenvalue weighted by Crippen LogP contribution is -2.29. The highest BCUT2D eigenvalue weighted by Crippen LogP contribution is 2.34. The van der Waals surface area contributed by atoms with Crippen LogP contribution in [0.4, 0.5) is 30.4 Å². The Bertz CT molecular complexity index is 1070. The van der Waals surface area contributed by atoms with Crippen molar-refractivity contribution in [3.63, 3.8) is 0 Å². The van der Waals surface area contributed by atoms with E-state index in [1.54, 1.807) is 38.4 Å². The Labute approximate surface area is 183 Å². The molecule has 12 heteroatoms. The number of halogens is 5. The van der Waals surface area contributed by atoms with Crippen LogP contribution in [0.3, 0.4) is 0 Å². The zero-order valence-electron chi connectivity index (χ0n) is 15.6. The zero-order valence-corrected chi connectivity index (χ0v) is 17.9. The predicted molar refractivity (Wildman–Crippen MR) is 114 cm³/mol. The molecule has 1 unspecified atom stereocenters. The fourth-order valence-electron chi connectivity index (χ4n) is 2.46. The van der Waals surface area contributed by atoms with Gasteiger partial charge in [-0.1, -0.05) is 23.2 Å². The van der Waals surface area contributed by atoms with Gasteiger partial charge in [0.1, 0.15) is 11.6 Å². The number of nitrogens with zero attached hydrogens (tertiary/aromatic N) is 2. The third kappa shape index (κ3) is 5.52. The molecule has 0 saturated heterocycles. The number of benzene rings is 2. The smallest absolute Gasteiger partial charge is 0.573 e. The van der Waals surface area contributed by atoms with Crippen molar-refractivity contribution < 1.29 is 22.5 Å². The number of hydrogen-bond acceptors (Lipinski definition) is 6. The highest BCUT2D eigenvalue weighted by molar-refractivity contribution is 7.90. The van der Waals surface area contributed by atoms with Gasteiger partial charge in [0.25, 0.3) is 0 Å². The number of anilines is 3. The van der Waals surface area contributed by atoms with Crippen molar-refractivity contribution in [1.82, 2.24) is 9.29 Å². The summed E-state index contributed by atoms with van der Waals surface area (Å²) in [6.45, 7) is 0. The van der Waals surface area contributed by atoms with E-state index in [0.29, 0.717) is 33.1 Å². The van der Waals surface area contributed by atoms with Crippen molar-refractivity contribution in [3.8, 4) is 5.75 Å². The minimum atomic E-state index is -4.84. The van der Waals surface area contributed by atoms with Gasteiger partial charge in [0.05, 0.1) is 21.2 Å². The Morgan fingerprint density at radius 3 is 2.43 bits per heavy atom. The molecule has 0 spiro atoms. The molecular weight excluding hydrogens is 464 g/mol. The maximum atomic E-state index is 12.4. The van der Waals surface area contributed by atoms with E-state index in [1.165, 1.54) is 16.4 Å². The summed E-state index contributed by atoms with van der Waals surface area (Å²) < 4.78 is 57.4. The summed E-state index contributed by atoms with van der Waals surface area (Å²) in [5.41, 5.74) is 1.43. The summed E-state index contributed by atoms with van der Waals surface area (Å²) in [4.78, 5) is 4.44. The fourth-order valence-corrected chi connectivity index (χ4v) is 3.44. The van der Waals surface area contributed by atoms with Crippen molar-refractivity contribution >= 4 is 62.8 Å². The topological polar surface area (TPSA) is 72.5 Å². The van der Waals surface area contributed by atoms with Gasteiger partial charge >= 0.3 is 6.36 Å². The van der Waals surface area contributed by atoms with Crippen molar-refractivity contribution in [2.45, 2.75) is 6.36 Å². The summed E-state index contributed by atoms with van der Waals surface area (Å²) in [6.07, 6.45) is -4.84. The predicted octanol–water partition coefficient (Wildman–Crippen LogP) is 5.74. The zero-order chi connectivity index (χ0) is 22.1. The van der Waals surface area contributed by atoms with E-state index in [0.717, 1.165) is 6.07 Å². The Morgan fingerprint density at radius 2 is 1.80 bits per heavy atom. The summed E-state index contributed by atoms with van der Waals surface area (Å²) in [5, 5.41) is 3.76. The molecule has 2 aromatic carbocycles. The van der Waals surface area contributed by atoms with Gasteiger partial charge in [-0.3, -0.25) is 0 Å². The lowest BCUT2D eigenvalue weighted by molar-refractivity contribution is -0.274. The van der Waals surface area contributed by atoms with Crippen LogP contribution in [0.2, 0.25) is 10.0 Å². The minimum absolute atomic E-state index is 0.214. The minimum Gasteiger partial charge on any atom is -0.573 e. The van der Waals surface area contributed by atoms with Crippen LogP contribution in [0, 0.1) is 0 Å². The molecule has 0 aliphatic rings. The summed E-state index contributed by atoms with van der Waals surface area (Å²) in [7, 11) is 3.33. The van der Waals surface area contributed by atoms with Crippen molar-refractivity contribution in [3.05, 3.63) is 52.5 Å². The highest BCUT2D eigenvalue weighted by atomic mass is 35.5. The molecule has 1 atom stereocenters. The number of hydrogen-bond donors (Lipinski definition) is 2. The first-order valence-corrected chi connectivity index (χ1v) is 10.2. The van der Waals surface area contributed by atoms with Crippen LogP contribution in [0.25, 0.3) is 10.9 Å². The Hall–Kier alpha value is -2.11. The first-order chi connectivity index (χ1) is 14.0. The third-order valence-corrected chi connectivity index (χ3v) is 5.43. The summed E-state index contributed by atoms with van der Waals surface area (Å²) in [5.74, 6) is -0.121. The SMILES string of the molecule is CN(C)[S+]([O-])Nc1ccc(Cl)c2nc(Nc3ccc(OC(F)(F)F)c(Cl)c3)ccc12. The largest absolute Gasteiger partial charge is 0.573 e. The van der Waals surface area contributed by atoms with E-state index in [1.807, 2.05) is 0 Å². The number of aromatic nitrogens is 1. The van der Waals surface area contributed by atoms with E-state index in [4.69, 9.17) is 23.2 Å². The molecule has 0 radical (unpaired) electrons. The number of alkyl halides is 3. The molecule has 0 aliphatic carbocycles. The third-order valence-electron chi connectivity index (χ3n) is 3.77. The van der Waals surface area contributed by atoms with Gasteiger partial charge in [0, 0.05) is 25.2 Å². The van der Waals surface area contributed by atoms with Crippen LogP contribution in [0.15, 0.2) is 42.5 Å². The maximum absolute atomic E-state index is 12.4. The van der Waals surface area contributed by atoms with Crippen molar-refractivity contribution in [2.75, 3.05) is 24.1 Å². The Balaban J connectivity index is 1.87. The van der Waals surface area contributed by atoms with Gasteiger partial charge in [-0.2, -0.15) is 4.72 Å². The van der Waals surface area contributed by atoms with Crippen LogP contribution < -0.4 is 14.8 Å². The molecule has 6 nitrogen and oxygen atoms in total. The first-order valence-electron chi connectivity index (χ1n) is 8.31. The van der Waals surface area contributed by atoms with E-state index in [2.05, 4.69) is 19.8 Å². The summed E-state index contributed by atoms with van der Waals surface area (Å²) >= 11 is 10.7. The molecule has 30 heavy (non-hydrogen) atoms. The number of pyridine rings is 1. The fraction of sp³-hybridized carbons (Fsp3) is 0.167. The molecule has 3 rings (SSSR count). The van der Waals surface area contributed by atoms with Crippen LogP contribution in [-0.4, -0.2) is 34.3 Å². The molecular formula is C18H15Cl2F3N4O2S. The average molecular weight is 479 g/mol. The monoisotopic (exact) mass is 478 g/mol. The second-order valence-corrected chi connectivity index (χ2v) is 8.42. The number of ether oxygens (including phenoxy) is 1. The standard InChI is InChI=1S/C18H15Cl2F3N4O2S/c1-27(2)30(28)26-14-6-5-12(19)17-11(14)4-8-16(25-17)24-10-3-7-15(13(20)9-10)29-18(21,22)23/h3-9,26H,1-2H3,(H,24,25). The molecule has 2 N–H and O–H groups in total. The molecule has 0 bridgehead atoms. The second-order valence-electron chi connectivity index (χ2n) is 6.17. The van der Waals surface area contributed by atoms with Crippen LogP contribution in [-0.2, 0) is 11.5 Å². The lowest BCUT2D eigenvalue weighted by atomic mass is 10.2. The Kier molecular flexibility index (Phi) is 6.73. The average Bonchev–Trinajstić information content (AvgIpc) is 2.65. The molecule has 160 valence electrons. The molecule has 0 saturated carbocycles. The molecule has 0 fully saturated rings. The molecule has 1 aromatic heterocycles. The van der Waals surface area contributed by atoms with E-state index >= 15 is 0 Å². The first kappa shape index (κ1) is 22.6. The highest BCUT2D eigenvalue weighted by Gasteiger charge is 2.32. The summed E-state index contributed by atoms with van der Waals surface area (Å²) in [6, 6.07) is 10.5. The van der Waals surface area contributed by atoms with Crippen molar-refractivity contribution in [1.29, 1.82) is 0 Å². The molecule has 0 aliphatic heterocycles. The van der Waals surface area contributed by atoms with E-state index in [-0.39, 0.29) is 5.02 Å². The second kappa shape index (κ2) is 8.94. The van der Waals surface area contributed by atoms with Gasteiger partial charge in [0.2, 0.25) is 0 Å².